The summed E-state index contributed by atoms with van der Waals surface area (Å²) >= 11 is 0. The molecule has 1 aromatic rings. The number of aromatic nitrogens is 1. The van der Waals surface area contributed by atoms with Crippen molar-refractivity contribution >= 4 is 12.0 Å². The molecule has 0 saturated heterocycles. The van der Waals surface area contributed by atoms with E-state index in [9.17, 15) is 14.0 Å². The fraction of sp³-hybridized carbons (Fsp3) is 0.588. The Morgan fingerprint density at radius 3 is 2.54 bits per heavy atom. The second kappa shape index (κ2) is 6.75. The van der Waals surface area contributed by atoms with Gasteiger partial charge in [0.05, 0.1) is 5.54 Å². The molecule has 2 amide bonds. The summed E-state index contributed by atoms with van der Waals surface area (Å²) in [5.74, 6) is -0.831. The molecule has 7 heteroatoms. The predicted molar refractivity (Wildman–Crippen MR) is 87.0 cm³/mol. The van der Waals surface area contributed by atoms with E-state index < -0.39 is 29.1 Å². The Morgan fingerprint density at radius 2 is 2.00 bits per heavy atom. The third-order valence-electron chi connectivity index (χ3n) is 3.87. The van der Waals surface area contributed by atoms with Gasteiger partial charge in [0.15, 0.2) is 0 Å². The van der Waals surface area contributed by atoms with Crippen molar-refractivity contribution in [3.8, 4) is 0 Å². The van der Waals surface area contributed by atoms with Gasteiger partial charge in [0.2, 0.25) is 5.95 Å². The van der Waals surface area contributed by atoms with Crippen molar-refractivity contribution in [1.29, 1.82) is 0 Å². The van der Waals surface area contributed by atoms with Gasteiger partial charge in [0.25, 0.3) is 5.91 Å². The normalized spacial score (nSPS) is 16.9. The lowest BCUT2D eigenvalue weighted by Gasteiger charge is -2.32. The molecule has 2 rings (SSSR count). The van der Waals surface area contributed by atoms with Crippen molar-refractivity contribution < 1.29 is 18.7 Å². The zero-order valence-electron chi connectivity index (χ0n) is 14.5. The molecule has 132 valence electrons. The van der Waals surface area contributed by atoms with Crippen LogP contribution < -0.4 is 10.6 Å². The number of nitrogens with zero attached hydrogens (tertiary/aromatic N) is 1. The first kappa shape index (κ1) is 18.2. The lowest BCUT2D eigenvalue weighted by Crippen LogP contribution is -2.55. The predicted octanol–water partition coefficient (Wildman–Crippen LogP) is 2.64. The highest BCUT2D eigenvalue weighted by Gasteiger charge is 2.43. The molecular formula is C17H24FN3O3. The van der Waals surface area contributed by atoms with Crippen LogP contribution in [0.25, 0.3) is 0 Å². The summed E-state index contributed by atoms with van der Waals surface area (Å²) in [7, 11) is 0. The molecule has 1 fully saturated rings. The van der Waals surface area contributed by atoms with Crippen molar-refractivity contribution in [2.24, 2.45) is 5.92 Å². The summed E-state index contributed by atoms with van der Waals surface area (Å²) < 4.78 is 18.4. The van der Waals surface area contributed by atoms with Crippen molar-refractivity contribution in [3.63, 3.8) is 0 Å². The first-order chi connectivity index (χ1) is 11.1. The van der Waals surface area contributed by atoms with Gasteiger partial charge in [-0.25, -0.2) is 9.78 Å². The van der Waals surface area contributed by atoms with E-state index >= 15 is 0 Å². The van der Waals surface area contributed by atoms with E-state index in [1.165, 1.54) is 12.3 Å². The van der Waals surface area contributed by atoms with Crippen molar-refractivity contribution in [2.75, 3.05) is 6.54 Å². The molecule has 1 aromatic heterocycles. The van der Waals surface area contributed by atoms with Crippen LogP contribution in [0.15, 0.2) is 18.3 Å². The first-order valence-electron chi connectivity index (χ1n) is 8.00. The highest BCUT2D eigenvalue weighted by atomic mass is 19.1. The van der Waals surface area contributed by atoms with Gasteiger partial charge < -0.3 is 15.4 Å². The monoisotopic (exact) mass is 337 g/mol. The Kier molecular flexibility index (Phi) is 5.11. The van der Waals surface area contributed by atoms with Crippen molar-refractivity contribution in [3.05, 3.63) is 29.8 Å². The van der Waals surface area contributed by atoms with Crippen LogP contribution in [0.1, 0.15) is 50.9 Å². The van der Waals surface area contributed by atoms with E-state index in [1.54, 1.807) is 20.8 Å². The number of alkyl carbamates (subject to hydrolysis) is 1. The van der Waals surface area contributed by atoms with E-state index in [-0.39, 0.29) is 18.0 Å². The molecular weight excluding hydrogens is 313 g/mol. The van der Waals surface area contributed by atoms with E-state index in [2.05, 4.69) is 15.6 Å². The largest absolute Gasteiger partial charge is 0.444 e. The van der Waals surface area contributed by atoms with Gasteiger partial charge in [-0.15, -0.1) is 0 Å². The van der Waals surface area contributed by atoms with E-state index in [1.807, 2.05) is 6.92 Å². The number of carbonyl (C=O) groups is 2. The number of carbonyl (C=O) groups excluding carboxylic acids is 2. The Labute approximate surface area is 141 Å². The summed E-state index contributed by atoms with van der Waals surface area (Å²) in [6, 6.07) is 2.54. The molecule has 0 spiro atoms. The van der Waals surface area contributed by atoms with Gasteiger partial charge in [0, 0.05) is 24.4 Å². The van der Waals surface area contributed by atoms with Gasteiger partial charge in [0.1, 0.15) is 5.60 Å². The molecule has 0 unspecified atom stereocenters. The molecule has 2 N–H and O–H groups in total. The molecule has 1 heterocycles. The molecule has 1 atom stereocenters. The number of hydrogen-bond acceptors (Lipinski definition) is 4. The van der Waals surface area contributed by atoms with Crippen LogP contribution >= 0.6 is 0 Å². The maximum atomic E-state index is 13.2. The van der Waals surface area contributed by atoms with E-state index in [0.29, 0.717) is 0 Å². The highest BCUT2D eigenvalue weighted by Crippen LogP contribution is 2.39. The molecule has 1 saturated carbocycles. The van der Waals surface area contributed by atoms with Crippen LogP contribution in [0.2, 0.25) is 0 Å². The number of rotatable bonds is 5. The quantitative estimate of drug-likeness (QED) is 0.810. The average molecular weight is 337 g/mol. The number of halogens is 1. The van der Waals surface area contributed by atoms with Gasteiger partial charge in [-0.05, 0) is 52.5 Å². The molecule has 1 aliphatic carbocycles. The third-order valence-corrected chi connectivity index (χ3v) is 3.87. The summed E-state index contributed by atoms with van der Waals surface area (Å²) in [6.45, 7) is 7.47. The minimum absolute atomic E-state index is 0.201. The summed E-state index contributed by atoms with van der Waals surface area (Å²) in [5, 5.41) is 5.62. The molecule has 24 heavy (non-hydrogen) atoms. The molecule has 6 nitrogen and oxygen atoms in total. The lowest BCUT2D eigenvalue weighted by atomic mass is 9.95. The van der Waals surface area contributed by atoms with Crippen LogP contribution in [0.3, 0.4) is 0 Å². The standard InChI is InChI=1S/C17H24FN3O3/c1-16(2,3)24-15(23)20-10-17(4,12-5-6-12)21-14(22)11-7-8-19-13(18)9-11/h7-9,12H,5-6,10H2,1-4H3,(H,20,23)(H,21,22)/t17-/m1/s1. The van der Waals surface area contributed by atoms with Crippen molar-refractivity contribution in [2.45, 2.75) is 51.7 Å². The second-order valence-electron chi connectivity index (χ2n) is 7.37. The Morgan fingerprint density at radius 1 is 1.33 bits per heavy atom. The fourth-order valence-electron chi connectivity index (χ4n) is 2.46. The van der Waals surface area contributed by atoms with Crippen LogP contribution in [0, 0.1) is 11.9 Å². The molecule has 1 aliphatic rings. The van der Waals surface area contributed by atoms with Crippen molar-refractivity contribution in [1.82, 2.24) is 15.6 Å². The van der Waals surface area contributed by atoms with Gasteiger partial charge in [-0.3, -0.25) is 4.79 Å². The maximum Gasteiger partial charge on any atom is 0.407 e. The van der Waals surface area contributed by atoms with Crippen LogP contribution in [-0.4, -0.2) is 34.7 Å². The Balaban J connectivity index is 2.00. The highest BCUT2D eigenvalue weighted by molar-refractivity contribution is 5.94. The zero-order valence-corrected chi connectivity index (χ0v) is 14.5. The molecule has 0 aliphatic heterocycles. The lowest BCUT2D eigenvalue weighted by molar-refractivity contribution is 0.0502. The fourth-order valence-corrected chi connectivity index (χ4v) is 2.46. The minimum atomic E-state index is -0.706. The number of ether oxygens (including phenoxy) is 1. The topological polar surface area (TPSA) is 80.3 Å². The Hall–Kier alpha value is -2.18. The molecule has 0 bridgehead atoms. The number of nitrogens with one attached hydrogen (secondary N) is 2. The molecule has 0 radical (unpaired) electrons. The van der Waals surface area contributed by atoms with Gasteiger partial charge >= 0.3 is 6.09 Å². The summed E-state index contributed by atoms with van der Waals surface area (Å²) in [4.78, 5) is 27.7. The van der Waals surface area contributed by atoms with Crippen LogP contribution in [0.4, 0.5) is 9.18 Å². The zero-order chi connectivity index (χ0) is 18.0. The smallest absolute Gasteiger partial charge is 0.407 e. The maximum absolute atomic E-state index is 13.2. The molecule has 0 aromatic carbocycles. The third kappa shape index (κ3) is 5.18. The number of amides is 2. The van der Waals surface area contributed by atoms with Gasteiger partial charge in [-0.2, -0.15) is 4.39 Å². The minimum Gasteiger partial charge on any atom is -0.444 e. The van der Waals surface area contributed by atoms with Crippen LogP contribution in [0.5, 0.6) is 0 Å². The number of hydrogen-bond donors (Lipinski definition) is 2. The van der Waals surface area contributed by atoms with E-state index in [4.69, 9.17) is 4.74 Å². The van der Waals surface area contributed by atoms with Crippen LogP contribution in [-0.2, 0) is 4.74 Å². The summed E-state index contributed by atoms with van der Waals surface area (Å²) in [6.07, 6.45) is 2.66. The second-order valence-corrected chi connectivity index (χ2v) is 7.37. The van der Waals surface area contributed by atoms with E-state index in [0.717, 1.165) is 18.9 Å². The number of pyridine rings is 1. The Bertz CT molecular complexity index is 626. The average Bonchev–Trinajstić information content (AvgIpc) is 3.28. The SMILES string of the molecule is CC(C)(C)OC(=O)NC[C@@](C)(NC(=O)c1ccnc(F)c1)C1CC1. The summed E-state index contributed by atoms with van der Waals surface area (Å²) in [5.41, 5.74) is -1.00. The first-order valence-corrected chi connectivity index (χ1v) is 8.00. The van der Waals surface area contributed by atoms with Gasteiger partial charge in [-0.1, -0.05) is 0 Å².